The number of aliphatic hydroxyl groups is 1. The molecule has 1 aliphatic carbocycles. The summed E-state index contributed by atoms with van der Waals surface area (Å²) >= 11 is 3.03. The van der Waals surface area contributed by atoms with Crippen LogP contribution in [0.3, 0.4) is 0 Å². The van der Waals surface area contributed by atoms with E-state index in [-0.39, 0.29) is 5.69 Å². The van der Waals surface area contributed by atoms with Crippen molar-refractivity contribution in [1.82, 2.24) is 4.72 Å². The molecule has 0 heterocycles. The number of hydrogen-bond donors (Lipinski definition) is 3. The van der Waals surface area contributed by atoms with Gasteiger partial charge in [0.25, 0.3) is 0 Å². The summed E-state index contributed by atoms with van der Waals surface area (Å²) in [5.41, 5.74) is 5.73. The van der Waals surface area contributed by atoms with Gasteiger partial charge in [0.2, 0.25) is 10.0 Å². The summed E-state index contributed by atoms with van der Waals surface area (Å²) in [7, 11) is -4.05. The highest BCUT2D eigenvalue weighted by molar-refractivity contribution is 9.10. The lowest BCUT2D eigenvalue weighted by atomic mass is 9.93. The monoisotopic (exact) mass is 366 g/mol. The topological polar surface area (TPSA) is 92.4 Å². The number of nitrogen functional groups attached to an aromatic ring is 1. The Morgan fingerprint density at radius 1 is 1.35 bits per heavy atom. The van der Waals surface area contributed by atoms with E-state index in [1.165, 1.54) is 0 Å². The van der Waals surface area contributed by atoms with Gasteiger partial charge in [-0.15, -0.1) is 0 Å². The van der Waals surface area contributed by atoms with E-state index < -0.39 is 32.9 Å². The lowest BCUT2D eigenvalue weighted by molar-refractivity contribution is 0.101. The molecule has 1 aromatic carbocycles. The van der Waals surface area contributed by atoms with E-state index in [1.807, 2.05) is 0 Å². The minimum absolute atomic E-state index is 0.135. The second-order valence-corrected chi connectivity index (χ2v) is 7.42. The van der Waals surface area contributed by atoms with Crippen LogP contribution in [0.4, 0.5) is 10.1 Å². The molecule has 20 heavy (non-hydrogen) atoms. The molecule has 0 spiro atoms. The number of nitrogens with two attached hydrogens (primary N) is 1. The summed E-state index contributed by atoms with van der Waals surface area (Å²) < 4.78 is 40.9. The highest BCUT2D eigenvalue weighted by Gasteiger charge is 2.29. The van der Waals surface area contributed by atoms with Crippen molar-refractivity contribution in [3.8, 4) is 0 Å². The van der Waals surface area contributed by atoms with Crippen molar-refractivity contribution in [3.63, 3.8) is 0 Å². The van der Waals surface area contributed by atoms with Gasteiger partial charge in [-0.3, -0.25) is 0 Å². The predicted octanol–water partition coefficient (Wildman–Crippen LogP) is 1.75. The van der Waals surface area contributed by atoms with E-state index in [1.54, 1.807) is 0 Å². The molecule has 4 N–H and O–H groups in total. The normalized spacial score (nSPS) is 23.8. The van der Waals surface area contributed by atoms with Gasteiger partial charge >= 0.3 is 0 Å². The molecule has 112 valence electrons. The van der Waals surface area contributed by atoms with Crippen molar-refractivity contribution >= 4 is 31.6 Å². The maximum Gasteiger partial charge on any atom is 0.243 e. The minimum Gasteiger partial charge on any atom is -0.398 e. The molecule has 0 unspecified atom stereocenters. The Balaban J connectivity index is 2.28. The maximum atomic E-state index is 13.8. The van der Waals surface area contributed by atoms with Crippen molar-refractivity contribution in [2.24, 2.45) is 0 Å². The van der Waals surface area contributed by atoms with Crippen molar-refractivity contribution in [2.45, 2.75) is 42.7 Å². The number of aliphatic hydroxyl groups excluding tert-OH is 1. The van der Waals surface area contributed by atoms with Crippen LogP contribution < -0.4 is 10.5 Å². The first-order valence-electron chi connectivity index (χ1n) is 6.26. The largest absolute Gasteiger partial charge is 0.398 e. The van der Waals surface area contributed by atoms with Gasteiger partial charge in [-0.25, -0.2) is 17.5 Å². The molecule has 2 rings (SSSR count). The molecule has 0 aromatic heterocycles. The third kappa shape index (κ3) is 3.30. The summed E-state index contributed by atoms with van der Waals surface area (Å²) in [4.78, 5) is -0.504. The number of anilines is 1. The first-order valence-corrected chi connectivity index (χ1v) is 8.54. The van der Waals surface area contributed by atoms with Gasteiger partial charge in [0.05, 0.1) is 6.10 Å². The lowest BCUT2D eigenvalue weighted by Gasteiger charge is -2.28. The fraction of sp³-hybridized carbons (Fsp3) is 0.500. The second-order valence-electron chi connectivity index (χ2n) is 4.88. The van der Waals surface area contributed by atoms with E-state index in [4.69, 9.17) is 5.73 Å². The molecule has 5 nitrogen and oxygen atoms in total. The summed E-state index contributed by atoms with van der Waals surface area (Å²) in [5, 5.41) is 9.79. The number of rotatable bonds is 3. The molecule has 0 radical (unpaired) electrons. The Hall–Kier alpha value is -0.700. The quantitative estimate of drug-likeness (QED) is 0.710. The summed E-state index contributed by atoms with van der Waals surface area (Å²) in [6, 6.07) is 1.50. The first-order chi connectivity index (χ1) is 9.31. The van der Waals surface area contributed by atoms with Crippen LogP contribution in [0.15, 0.2) is 21.5 Å². The number of halogens is 2. The molecule has 0 amide bonds. The number of benzene rings is 1. The van der Waals surface area contributed by atoms with Crippen LogP contribution in [0.25, 0.3) is 0 Å². The Bertz CT molecular complexity index is 609. The van der Waals surface area contributed by atoms with E-state index in [0.717, 1.165) is 25.0 Å². The maximum absolute atomic E-state index is 13.8. The average Bonchev–Trinajstić information content (AvgIpc) is 2.36. The van der Waals surface area contributed by atoms with Gasteiger partial charge in [-0.05, 0) is 40.9 Å². The van der Waals surface area contributed by atoms with Crippen molar-refractivity contribution in [1.29, 1.82) is 0 Å². The Labute approximate surface area is 125 Å². The Kier molecular flexibility index (Phi) is 4.68. The van der Waals surface area contributed by atoms with Crippen LogP contribution in [-0.2, 0) is 10.0 Å². The molecule has 0 saturated heterocycles. The van der Waals surface area contributed by atoms with Gasteiger partial charge in [0.1, 0.15) is 10.7 Å². The molecule has 1 saturated carbocycles. The van der Waals surface area contributed by atoms with Gasteiger partial charge < -0.3 is 10.8 Å². The molecule has 1 aliphatic rings. The molecule has 1 fully saturated rings. The highest BCUT2D eigenvalue weighted by Crippen LogP contribution is 2.27. The molecule has 1 aromatic rings. The van der Waals surface area contributed by atoms with Crippen molar-refractivity contribution in [3.05, 3.63) is 22.4 Å². The van der Waals surface area contributed by atoms with Gasteiger partial charge in [0, 0.05) is 16.2 Å². The Morgan fingerprint density at radius 2 is 2.00 bits per heavy atom. The van der Waals surface area contributed by atoms with Crippen LogP contribution in [-0.4, -0.2) is 25.7 Å². The Morgan fingerprint density at radius 3 is 2.65 bits per heavy atom. The van der Waals surface area contributed by atoms with Crippen LogP contribution in [0.1, 0.15) is 25.7 Å². The standard InChI is InChI=1S/C12H16BrFN2O3S/c13-7-5-8(14)12(6-9(7)15)20(18,19)16-10-3-1-2-4-11(10)17/h5-6,10-11,16-17H,1-4,15H2/t10-,11-/m1/s1. The van der Waals surface area contributed by atoms with Crippen LogP contribution in [0.2, 0.25) is 0 Å². The van der Waals surface area contributed by atoms with Crippen LogP contribution in [0.5, 0.6) is 0 Å². The first kappa shape index (κ1) is 15.7. The zero-order valence-electron chi connectivity index (χ0n) is 10.6. The van der Waals surface area contributed by atoms with Crippen molar-refractivity contribution in [2.75, 3.05) is 5.73 Å². The summed E-state index contributed by atoms with van der Waals surface area (Å²) in [6.07, 6.45) is 2.02. The highest BCUT2D eigenvalue weighted by atomic mass is 79.9. The van der Waals surface area contributed by atoms with E-state index in [0.29, 0.717) is 17.3 Å². The zero-order valence-corrected chi connectivity index (χ0v) is 13.0. The summed E-state index contributed by atoms with van der Waals surface area (Å²) in [5.74, 6) is -0.885. The van der Waals surface area contributed by atoms with E-state index in [9.17, 15) is 17.9 Å². The third-order valence-electron chi connectivity index (χ3n) is 3.38. The fourth-order valence-corrected chi connectivity index (χ4v) is 3.98. The molecule has 2 atom stereocenters. The smallest absolute Gasteiger partial charge is 0.243 e. The number of nitrogens with one attached hydrogen (secondary N) is 1. The van der Waals surface area contributed by atoms with E-state index in [2.05, 4.69) is 20.7 Å². The van der Waals surface area contributed by atoms with Crippen LogP contribution in [0, 0.1) is 5.82 Å². The molecular weight excluding hydrogens is 351 g/mol. The zero-order chi connectivity index (χ0) is 14.9. The SMILES string of the molecule is Nc1cc(S(=O)(=O)N[C@@H]2CCCC[C@H]2O)c(F)cc1Br. The van der Waals surface area contributed by atoms with E-state index >= 15 is 0 Å². The molecule has 8 heteroatoms. The summed E-state index contributed by atoms with van der Waals surface area (Å²) in [6.45, 7) is 0. The number of hydrogen-bond acceptors (Lipinski definition) is 4. The van der Waals surface area contributed by atoms with Gasteiger partial charge in [-0.2, -0.15) is 0 Å². The van der Waals surface area contributed by atoms with Gasteiger partial charge in [0.15, 0.2) is 0 Å². The molecular formula is C12H16BrFN2O3S. The number of sulfonamides is 1. The average molecular weight is 367 g/mol. The van der Waals surface area contributed by atoms with Crippen LogP contribution >= 0.6 is 15.9 Å². The lowest BCUT2D eigenvalue weighted by Crippen LogP contribution is -2.45. The molecule has 0 aliphatic heterocycles. The predicted molar refractivity (Wildman–Crippen MR) is 77.1 cm³/mol. The minimum atomic E-state index is -4.05. The third-order valence-corrected chi connectivity index (χ3v) is 5.57. The van der Waals surface area contributed by atoms with Crippen molar-refractivity contribution < 1.29 is 17.9 Å². The fourth-order valence-electron chi connectivity index (χ4n) is 2.26. The van der Waals surface area contributed by atoms with Gasteiger partial charge in [-0.1, -0.05) is 12.8 Å². The second kappa shape index (κ2) is 5.97. The molecule has 0 bridgehead atoms.